The van der Waals surface area contributed by atoms with Crippen LogP contribution >= 0.6 is 0 Å². The Morgan fingerprint density at radius 3 is 1.97 bits per heavy atom. The first-order valence-electron chi connectivity index (χ1n) is 13.7. The van der Waals surface area contributed by atoms with E-state index in [1.165, 1.54) is 22.3 Å². The first kappa shape index (κ1) is 25.0. The van der Waals surface area contributed by atoms with Gasteiger partial charge in [0.25, 0.3) is 0 Å². The molecular formula is C34H36BNO2. The van der Waals surface area contributed by atoms with Gasteiger partial charge in [0.2, 0.25) is 0 Å². The molecule has 1 aliphatic heterocycles. The highest BCUT2D eigenvalue weighted by Crippen LogP contribution is 2.50. The number of anilines is 3. The second kappa shape index (κ2) is 9.15. The Morgan fingerprint density at radius 2 is 1.29 bits per heavy atom. The molecule has 1 unspecified atom stereocenters. The van der Waals surface area contributed by atoms with Gasteiger partial charge in [0.1, 0.15) is 0 Å². The molecule has 0 N–H and O–H groups in total. The molecule has 0 spiro atoms. The summed E-state index contributed by atoms with van der Waals surface area (Å²) in [6.45, 7) is 13.3. The third-order valence-electron chi connectivity index (χ3n) is 8.23. The Bertz CT molecular complexity index is 1460. The Labute approximate surface area is 227 Å². The number of benzene rings is 4. The van der Waals surface area contributed by atoms with E-state index in [1.54, 1.807) is 0 Å². The van der Waals surface area contributed by atoms with Gasteiger partial charge < -0.3 is 14.2 Å². The molecule has 1 fully saturated rings. The molecule has 3 nitrogen and oxygen atoms in total. The van der Waals surface area contributed by atoms with Crippen LogP contribution in [-0.4, -0.2) is 18.8 Å². The summed E-state index contributed by atoms with van der Waals surface area (Å²) in [5, 5.41) is 0. The van der Waals surface area contributed by atoms with E-state index in [9.17, 15) is 0 Å². The molecule has 4 heteroatoms. The first-order chi connectivity index (χ1) is 18.2. The third-order valence-corrected chi connectivity index (χ3v) is 8.23. The van der Waals surface area contributed by atoms with Crippen LogP contribution in [0.5, 0.6) is 0 Å². The van der Waals surface area contributed by atoms with Crippen LogP contribution in [-0.2, 0) is 14.7 Å². The van der Waals surface area contributed by atoms with Gasteiger partial charge in [0.15, 0.2) is 0 Å². The second-order valence-corrected chi connectivity index (χ2v) is 12.0. The van der Waals surface area contributed by atoms with Gasteiger partial charge in [-0.25, -0.2) is 0 Å². The fraction of sp³-hybridized carbons (Fsp3) is 0.294. The van der Waals surface area contributed by atoms with Crippen LogP contribution in [0.3, 0.4) is 0 Å². The Morgan fingerprint density at radius 1 is 0.684 bits per heavy atom. The number of hydrogen-bond donors (Lipinski definition) is 0. The standard InChI is InChI=1S/C34H36BNO2/c1-23(2)32-34(5,6)38-35(37-32)24-16-18-26(19-17-24)36(25-12-8-7-9-13-25)27-20-21-29-28-14-10-11-15-30(28)33(3,4)31(29)22-27/h7-23,32H,1-6H3. The van der Waals surface area contributed by atoms with Crippen molar-refractivity contribution >= 4 is 29.6 Å². The van der Waals surface area contributed by atoms with Crippen molar-refractivity contribution in [3.63, 3.8) is 0 Å². The van der Waals surface area contributed by atoms with Crippen LogP contribution in [0.25, 0.3) is 11.1 Å². The number of para-hydroxylation sites is 1. The Hall–Kier alpha value is -3.34. The highest BCUT2D eigenvalue weighted by molar-refractivity contribution is 6.62. The van der Waals surface area contributed by atoms with Crippen molar-refractivity contribution in [2.45, 2.75) is 58.7 Å². The second-order valence-electron chi connectivity index (χ2n) is 12.0. The van der Waals surface area contributed by atoms with Gasteiger partial charge in [-0.2, -0.15) is 0 Å². The molecule has 0 amide bonds. The van der Waals surface area contributed by atoms with Crippen molar-refractivity contribution in [2.24, 2.45) is 5.92 Å². The highest BCUT2D eigenvalue weighted by atomic mass is 16.7. The zero-order chi connectivity index (χ0) is 26.7. The van der Waals surface area contributed by atoms with Gasteiger partial charge in [-0.15, -0.1) is 0 Å². The lowest BCUT2D eigenvalue weighted by molar-refractivity contribution is 0.0438. The van der Waals surface area contributed by atoms with Gasteiger partial charge in [0.05, 0.1) is 11.7 Å². The summed E-state index contributed by atoms with van der Waals surface area (Å²) in [5.41, 5.74) is 9.48. The van der Waals surface area contributed by atoms with Gasteiger partial charge in [0, 0.05) is 22.5 Å². The number of nitrogens with zero attached hydrogens (tertiary/aromatic N) is 1. The lowest BCUT2D eigenvalue weighted by Gasteiger charge is -2.28. The minimum absolute atomic E-state index is 0.0505. The molecule has 1 heterocycles. The quantitative estimate of drug-likeness (QED) is 0.259. The van der Waals surface area contributed by atoms with E-state index in [0.29, 0.717) is 5.92 Å². The minimum Gasteiger partial charge on any atom is -0.401 e. The molecule has 1 aliphatic carbocycles. The maximum Gasteiger partial charge on any atom is 0.494 e. The summed E-state index contributed by atoms with van der Waals surface area (Å²) in [7, 11) is -0.351. The van der Waals surface area contributed by atoms with Crippen molar-refractivity contribution in [3.05, 3.63) is 108 Å². The Balaban J connectivity index is 1.38. The maximum absolute atomic E-state index is 6.36. The van der Waals surface area contributed by atoms with E-state index < -0.39 is 0 Å². The van der Waals surface area contributed by atoms with Gasteiger partial charge in [-0.05, 0) is 83.9 Å². The zero-order valence-corrected chi connectivity index (χ0v) is 23.2. The first-order valence-corrected chi connectivity index (χ1v) is 13.7. The molecule has 0 bridgehead atoms. The molecule has 6 rings (SSSR count). The monoisotopic (exact) mass is 501 g/mol. The molecule has 1 saturated heterocycles. The lowest BCUT2D eigenvalue weighted by Crippen LogP contribution is -2.37. The Kier molecular flexibility index (Phi) is 6.01. The maximum atomic E-state index is 6.36. The fourth-order valence-electron chi connectivity index (χ4n) is 6.41. The van der Waals surface area contributed by atoms with Crippen molar-refractivity contribution in [1.29, 1.82) is 0 Å². The van der Waals surface area contributed by atoms with Gasteiger partial charge >= 0.3 is 7.12 Å². The summed E-state index contributed by atoms with van der Waals surface area (Å²) < 4.78 is 12.7. The zero-order valence-electron chi connectivity index (χ0n) is 23.2. The van der Waals surface area contributed by atoms with Crippen LogP contribution in [0.2, 0.25) is 0 Å². The highest BCUT2D eigenvalue weighted by Gasteiger charge is 2.47. The third kappa shape index (κ3) is 4.07. The van der Waals surface area contributed by atoms with E-state index >= 15 is 0 Å². The molecule has 2 aliphatic rings. The van der Waals surface area contributed by atoms with Crippen molar-refractivity contribution < 1.29 is 9.31 Å². The largest absolute Gasteiger partial charge is 0.494 e. The minimum atomic E-state index is -0.351. The number of hydrogen-bond acceptors (Lipinski definition) is 3. The smallest absolute Gasteiger partial charge is 0.401 e. The van der Waals surface area contributed by atoms with Gasteiger partial charge in [-0.3, -0.25) is 0 Å². The average Bonchev–Trinajstić information content (AvgIpc) is 3.36. The average molecular weight is 501 g/mol. The number of fused-ring (bicyclic) bond motifs is 3. The van der Waals surface area contributed by atoms with Crippen LogP contribution in [0, 0.1) is 5.92 Å². The van der Waals surface area contributed by atoms with Crippen molar-refractivity contribution in [2.75, 3.05) is 4.90 Å². The predicted octanol–water partition coefficient (Wildman–Crippen LogP) is 8.01. The van der Waals surface area contributed by atoms with E-state index in [-0.39, 0.29) is 24.2 Å². The van der Waals surface area contributed by atoms with Crippen LogP contribution in [0.1, 0.15) is 52.7 Å². The van der Waals surface area contributed by atoms with E-state index in [4.69, 9.17) is 9.31 Å². The summed E-state index contributed by atoms with van der Waals surface area (Å²) in [6, 6.07) is 34.9. The molecule has 4 aromatic carbocycles. The molecular weight excluding hydrogens is 465 g/mol. The number of rotatable bonds is 5. The van der Waals surface area contributed by atoms with E-state index in [2.05, 4.69) is 144 Å². The van der Waals surface area contributed by atoms with Gasteiger partial charge in [-0.1, -0.05) is 88.4 Å². The SMILES string of the molecule is CC(C)C1OB(c2ccc(N(c3ccccc3)c3ccc4c(c3)C(C)(C)c3ccccc3-4)cc2)OC1(C)C. The van der Waals surface area contributed by atoms with E-state index in [0.717, 1.165) is 22.5 Å². The molecule has 1 atom stereocenters. The summed E-state index contributed by atoms with van der Waals surface area (Å²) in [6.07, 6.45) is 0.0619. The molecule has 0 radical (unpaired) electrons. The summed E-state index contributed by atoms with van der Waals surface area (Å²) >= 11 is 0. The molecule has 38 heavy (non-hydrogen) atoms. The van der Waals surface area contributed by atoms with Crippen LogP contribution in [0.4, 0.5) is 17.1 Å². The van der Waals surface area contributed by atoms with Crippen molar-refractivity contribution in [3.8, 4) is 11.1 Å². The van der Waals surface area contributed by atoms with Crippen LogP contribution in [0.15, 0.2) is 97.1 Å². The summed E-state index contributed by atoms with van der Waals surface area (Å²) in [4.78, 5) is 2.33. The van der Waals surface area contributed by atoms with Crippen molar-refractivity contribution in [1.82, 2.24) is 0 Å². The van der Waals surface area contributed by atoms with E-state index in [1.807, 2.05) is 0 Å². The molecule has 192 valence electrons. The predicted molar refractivity (Wildman–Crippen MR) is 159 cm³/mol. The molecule has 4 aromatic rings. The topological polar surface area (TPSA) is 21.7 Å². The molecule has 0 saturated carbocycles. The lowest BCUT2D eigenvalue weighted by atomic mass is 9.79. The summed E-state index contributed by atoms with van der Waals surface area (Å²) in [5.74, 6) is 0.387. The van der Waals surface area contributed by atoms with Crippen LogP contribution < -0.4 is 10.4 Å². The fourth-order valence-corrected chi connectivity index (χ4v) is 6.41. The normalized spacial score (nSPS) is 18.9. The molecule has 0 aromatic heterocycles.